The topological polar surface area (TPSA) is 79.6 Å². The van der Waals surface area contributed by atoms with Crippen LogP contribution in [-0.2, 0) is 4.79 Å². The van der Waals surface area contributed by atoms with Crippen LogP contribution in [0, 0.1) is 12.7 Å². The first-order valence-corrected chi connectivity index (χ1v) is 9.26. The van der Waals surface area contributed by atoms with E-state index >= 15 is 4.39 Å². The lowest BCUT2D eigenvalue weighted by molar-refractivity contribution is -0.118. The van der Waals surface area contributed by atoms with Crippen LogP contribution in [0.25, 0.3) is 10.9 Å². The number of anilines is 1. The maximum absolute atomic E-state index is 15.0. The van der Waals surface area contributed by atoms with Crippen LogP contribution in [-0.4, -0.2) is 34.5 Å². The monoisotopic (exact) mass is 372 g/mol. The highest BCUT2D eigenvalue weighted by molar-refractivity contribution is 5.95. The number of aromatic nitrogens is 1. The molecule has 6 nitrogen and oxygen atoms in total. The lowest BCUT2D eigenvalue weighted by Gasteiger charge is -2.26. The Balaban J connectivity index is 1.96. The molecule has 7 heteroatoms. The lowest BCUT2D eigenvalue weighted by Crippen LogP contribution is -2.27. The number of benzene rings is 1. The normalized spacial score (nSPS) is 18.0. The molecule has 27 heavy (non-hydrogen) atoms. The van der Waals surface area contributed by atoms with Gasteiger partial charge in [0, 0.05) is 43.6 Å². The number of halogens is 1. The number of carbonyl (C=O) groups excluding carboxylic acids is 1. The summed E-state index contributed by atoms with van der Waals surface area (Å²) < 4.78 is 16.9. The molecule has 2 aromatic rings. The van der Waals surface area contributed by atoms with Crippen molar-refractivity contribution in [2.75, 3.05) is 18.0 Å². The minimum absolute atomic E-state index is 0.103. The zero-order chi connectivity index (χ0) is 19.3. The molecule has 2 aliphatic rings. The van der Waals surface area contributed by atoms with Crippen LogP contribution in [0.5, 0.6) is 0 Å². The van der Waals surface area contributed by atoms with Gasteiger partial charge >= 0.3 is 5.97 Å². The Morgan fingerprint density at radius 3 is 2.63 bits per heavy atom. The highest BCUT2D eigenvalue weighted by Gasteiger charge is 2.30. The molecule has 1 saturated heterocycles. The Morgan fingerprint density at radius 1 is 1.22 bits per heavy atom. The minimum atomic E-state index is -1.30. The van der Waals surface area contributed by atoms with Gasteiger partial charge < -0.3 is 14.6 Å². The fraction of sp³-hybridized carbons (Fsp3) is 0.450. The van der Waals surface area contributed by atoms with Crippen LogP contribution < -0.4 is 10.3 Å². The van der Waals surface area contributed by atoms with Crippen molar-refractivity contribution in [1.29, 1.82) is 0 Å². The highest BCUT2D eigenvalue weighted by Crippen LogP contribution is 2.40. The van der Waals surface area contributed by atoms with Gasteiger partial charge in [0.2, 0.25) is 5.43 Å². The van der Waals surface area contributed by atoms with E-state index in [4.69, 9.17) is 0 Å². The Hall–Kier alpha value is -2.70. The molecule has 0 radical (unpaired) electrons. The van der Waals surface area contributed by atoms with Crippen LogP contribution in [0.1, 0.15) is 54.1 Å². The number of Topliss-reactive ketones (excluding diaryl/α,β-unsaturated/α-hetero) is 1. The van der Waals surface area contributed by atoms with Gasteiger partial charge in [-0.25, -0.2) is 9.18 Å². The molecule has 1 aromatic carbocycles. The standard InChI is InChI=1S/C20H21FN2O4/c1-11-17-14(19(25)15(20(26)27)10-23(17)12-4-5-12)9-16(21)18(11)22-7-2-3-13(24)6-8-22/h9-10,12H,2-8H2,1H3,(H,26,27). The van der Waals surface area contributed by atoms with Crippen molar-refractivity contribution < 1.29 is 19.1 Å². The number of rotatable bonds is 3. The summed E-state index contributed by atoms with van der Waals surface area (Å²) in [6.45, 7) is 2.80. The average Bonchev–Trinajstić information content (AvgIpc) is 3.44. The molecule has 0 unspecified atom stereocenters. The second kappa shape index (κ2) is 6.48. The predicted molar refractivity (Wildman–Crippen MR) is 99.2 cm³/mol. The van der Waals surface area contributed by atoms with E-state index in [0.717, 1.165) is 18.9 Å². The third-order valence-corrected chi connectivity index (χ3v) is 5.51. The van der Waals surface area contributed by atoms with E-state index in [1.54, 1.807) is 6.92 Å². The smallest absolute Gasteiger partial charge is 0.341 e. The summed E-state index contributed by atoms with van der Waals surface area (Å²) >= 11 is 0. The van der Waals surface area contributed by atoms with E-state index in [1.165, 1.54) is 6.20 Å². The zero-order valence-corrected chi connectivity index (χ0v) is 15.1. The molecule has 1 aromatic heterocycles. The van der Waals surface area contributed by atoms with Crippen LogP contribution in [0.2, 0.25) is 0 Å². The molecular formula is C20H21FN2O4. The van der Waals surface area contributed by atoms with Crippen molar-refractivity contribution in [3.63, 3.8) is 0 Å². The molecule has 1 aliphatic heterocycles. The molecular weight excluding hydrogens is 351 g/mol. The maximum atomic E-state index is 15.0. The van der Waals surface area contributed by atoms with Gasteiger partial charge in [0.25, 0.3) is 0 Å². The third kappa shape index (κ3) is 3.01. The van der Waals surface area contributed by atoms with Crippen LogP contribution in [0.15, 0.2) is 17.1 Å². The Morgan fingerprint density at radius 2 is 1.96 bits per heavy atom. The van der Waals surface area contributed by atoms with Gasteiger partial charge in [-0.2, -0.15) is 0 Å². The minimum Gasteiger partial charge on any atom is -0.477 e. The van der Waals surface area contributed by atoms with Gasteiger partial charge in [-0.05, 0) is 37.8 Å². The molecule has 0 atom stereocenters. The molecule has 142 valence electrons. The van der Waals surface area contributed by atoms with Crippen molar-refractivity contribution in [2.24, 2.45) is 0 Å². The predicted octanol–water partition coefficient (Wildman–Crippen LogP) is 3.04. The number of ketones is 1. The highest BCUT2D eigenvalue weighted by atomic mass is 19.1. The number of carboxylic acid groups (broad SMARTS) is 1. The molecule has 4 rings (SSSR count). The molecule has 0 amide bonds. The van der Waals surface area contributed by atoms with Crippen molar-refractivity contribution >= 4 is 28.3 Å². The quantitative estimate of drug-likeness (QED) is 0.896. The van der Waals surface area contributed by atoms with Crippen molar-refractivity contribution in [3.05, 3.63) is 39.4 Å². The largest absolute Gasteiger partial charge is 0.477 e. The first-order valence-electron chi connectivity index (χ1n) is 9.26. The van der Waals surface area contributed by atoms with Gasteiger partial charge in [-0.3, -0.25) is 9.59 Å². The Bertz CT molecular complexity index is 1020. The summed E-state index contributed by atoms with van der Waals surface area (Å²) in [5, 5.41) is 9.46. The SMILES string of the molecule is Cc1c(N2CCCC(=O)CC2)c(F)cc2c(=O)c(C(=O)O)cn(C3CC3)c12. The van der Waals surface area contributed by atoms with Crippen LogP contribution in [0.4, 0.5) is 10.1 Å². The van der Waals surface area contributed by atoms with E-state index < -0.39 is 17.2 Å². The average molecular weight is 372 g/mol. The number of carbonyl (C=O) groups is 2. The Kier molecular flexibility index (Phi) is 4.25. The fourth-order valence-corrected chi connectivity index (χ4v) is 4.04. The van der Waals surface area contributed by atoms with E-state index in [2.05, 4.69) is 0 Å². The maximum Gasteiger partial charge on any atom is 0.341 e. The van der Waals surface area contributed by atoms with E-state index in [9.17, 15) is 19.5 Å². The second-order valence-electron chi connectivity index (χ2n) is 7.42. The van der Waals surface area contributed by atoms with Crippen molar-refractivity contribution in [2.45, 2.75) is 45.1 Å². The second-order valence-corrected chi connectivity index (χ2v) is 7.42. The molecule has 1 aliphatic carbocycles. The summed E-state index contributed by atoms with van der Waals surface area (Å²) in [7, 11) is 0. The summed E-state index contributed by atoms with van der Waals surface area (Å²) in [4.78, 5) is 37.7. The van der Waals surface area contributed by atoms with E-state index in [-0.39, 0.29) is 22.8 Å². The number of nitrogens with zero attached hydrogens (tertiary/aromatic N) is 2. The number of aryl methyl sites for hydroxylation is 1. The van der Waals surface area contributed by atoms with Crippen LogP contribution in [0.3, 0.4) is 0 Å². The molecule has 1 saturated carbocycles. The van der Waals surface area contributed by atoms with Gasteiger partial charge in [-0.15, -0.1) is 0 Å². The van der Waals surface area contributed by atoms with E-state index in [1.807, 2.05) is 9.47 Å². The number of carboxylic acids is 1. The number of hydrogen-bond acceptors (Lipinski definition) is 4. The van der Waals surface area contributed by atoms with Gasteiger partial charge in [0.1, 0.15) is 17.2 Å². The number of fused-ring (bicyclic) bond motifs is 1. The van der Waals surface area contributed by atoms with Crippen molar-refractivity contribution in [1.82, 2.24) is 4.57 Å². The van der Waals surface area contributed by atoms with Crippen LogP contribution >= 0.6 is 0 Å². The fourth-order valence-electron chi connectivity index (χ4n) is 4.04. The molecule has 1 N–H and O–H groups in total. The van der Waals surface area contributed by atoms with Gasteiger partial charge in [0.05, 0.1) is 11.2 Å². The summed E-state index contributed by atoms with van der Waals surface area (Å²) in [5.74, 6) is -1.67. The van der Waals surface area contributed by atoms with Gasteiger partial charge in [0.15, 0.2) is 0 Å². The summed E-state index contributed by atoms with van der Waals surface area (Å²) in [6.07, 6.45) is 4.75. The summed E-state index contributed by atoms with van der Waals surface area (Å²) in [5.41, 5.74) is 0.643. The lowest BCUT2D eigenvalue weighted by atomic mass is 10.0. The van der Waals surface area contributed by atoms with Gasteiger partial charge in [-0.1, -0.05) is 0 Å². The van der Waals surface area contributed by atoms with E-state index in [0.29, 0.717) is 49.1 Å². The first kappa shape index (κ1) is 17.7. The molecule has 2 heterocycles. The molecule has 0 spiro atoms. The van der Waals surface area contributed by atoms with Crippen molar-refractivity contribution in [3.8, 4) is 0 Å². The third-order valence-electron chi connectivity index (χ3n) is 5.51. The summed E-state index contributed by atoms with van der Waals surface area (Å²) in [6, 6.07) is 1.30. The first-order chi connectivity index (χ1) is 12.9. The number of aromatic carboxylic acids is 1. The number of hydrogen-bond donors (Lipinski definition) is 1. The molecule has 0 bridgehead atoms. The Labute approximate surface area is 155 Å². The molecule has 2 fully saturated rings. The number of pyridine rings is 1. The zero-order valence-electron chi connectivity index (χ0n) is 15.1.